The zero-order valence-corrected chi connectivity index (χ0v) is 14.7. The summed E-state index contributed by atoms with van der Waals surface area (Å²) >= 11 is 0. The van der Waals surface area contributed by atoms with Gasteiger partial charge in [0.25, 0.3) is 5.91 Å². The van der Waals surface area contributed by atoms with E-state index in [1.807, 2.05) is 31.2 Å². The van der Waals surface area contributed by atoms with E-state index in [9.17, 15) is 4.79 Å². The van der Waals surface area contributed by atoms with E-state index < -0.39 is 0 Å². The molecule has 132 valence electrons. The first-order valence-electron chi connectivity index (χ1n) is 8.65. The molecule has 1 amide bonds. The third-order valence-electron chi connectivity index (χ3n) is 4.45. The standard InChI is InChI=1S/C19H24N4O2/c1-13-16(12-21-18(23-13)17-8-3-4-9-20-17)19(24)22-11-14-6-5-7-15(10-14)25-2/h5-7,10,12,17,20H,3-4,8-9,11H2,1-2H3,(H,22,24). The van der Waals surface area contributed by atoms with Crippen LogP contribution in [0, 0.1) is 6.92 Å². The summed E-state index contributed by atoms with van der Waals surface area (Å²) in [5, 5.41) is 6.35. The number of carbonyl (C=O) groups is 1. The number of ether oxygens (including phenoxy) is 1. The van der Waals surface area contributed by atoms with Crippen LogP contribution in [-0.4, -0.2) is 29.5 Å². The Kier molecular flexibility index (Phi) is 5.60. The lowest BCUT2D eigenvalue weighted by Crippen LogP contribution is -2.29. The number of hydrogen-bond acceptors (Lipinski definition) is 5. The number of carbonyl (C=O) groups excluding carboxylic acids is 1. The summed E-state index contributed by atoms with van der Waals surface area (Å²) in [5.41, 5.74) is 2.21. The molecule has 1 aromatic carbocycles. The highest BCUT2D eigenvalue weighted by Gasteiger charge is 2.19. The van der Waals surface area contributed by atoms with Crippen molar-refractivity contribution in [2.24, 2.45) is 0 Å². The maximum atomic E-state index is 12.4. The molecule has 0 saturated carbocycles. The van der Waals surface area contributed by atoms with Crippen LogP contribution in [0.1, 0.15) is 52.7 Å². The minimum absolute atomic E-state index is 0.163. The van der Waals surface area contributed by atoms with Crippen LogP contribution in [0.3, 0.4) is 0 Å². The number of rotatable bonds is 5. The Bertz CT molecular complexity index is 742. The number of benzene rings is 1. The molecule has 1 aromatic heterocycles. The first kappa shape index (κ1) is 17.4. The molecule has 1 aliphatic heterocycles. The summed E-state index contributed by atoms with van der Waals surface area (Å²) in [6.45, 7) is 3.28. The van der Waals surface area contributed by atoms with E-state index in [1.54, 1.807) is 13.3 Å². The molecule has 0 spiro atoms. The zero-order chi connectivity index (χ0) is 17.6. The fraction of sp³-hybridized carbons (Fsp3) is 0.421. The topological polar surface area (TPSA) is 76.1 Å². The van der Waals surface area contributed by atoms with E-state index in [2.05, 4.69) is 20.6 Å². The Hall–Kier alpha value is -2.47. The van der Waals surface area contributed by atoms with Gasteiger partial charge in [0.2, 0.25) is 0 Å². The van der Waals surface area contributed by atoms with Crippen molar-refractivity contribution in [1.29, 1.82) is 0 Å². The average Bonchev–Trinajstić information content (AvgIpc) is 2.67. The first-order valence-corrected chi connectivity index (χ1v) is 8.65. The van der Waals surface area contributed by atoms with Gasteiger partial charge in [0.15, 0.2) is 0 Å². The van der Waals surface area contributed by atoms with Crippen LogP contribution >= 0.6 is 0 Å². The smallest absolute Gasteiger partial charge is 0.254 e. The molecule has 2 heterocycles. The molecule has 0 aliphatic carbocycles. The molecule has 0 bridgehead atoms. The molecule has 2 N–H and O–H groups in total. The molecule has 1 aliphatic rings. The average molecular weight is 340 g/mol. The van der Waals surface area contributed by atoms with E-state index in [0.29, 0.717) is 17.8 Å². The Balaban J connectivity index is 1.65. The highest BCUT2D eigenvalue weighted by molar-refractivity contribution is 5.94. The Morgan fingerprint density at radius 1 is 1.40 bits per heavy atom. The van der Waals surface area contributed by atoms with Gasteiger partial charge in [0.05, 0.1) is 24.4 Å². The number of nitrogens with one attached hydrogen (secondary N) is 2. The van der Waals surface area contributed by atoms with Gasteiger partial charge in [-0.15, -0.1) is 0 Å². The summed E-state index contributed by atoms with van der Waals surface area (Å²) < 4.78 is 5.20. The van der Waals surface area contributed by atoms with Crippen molar-refractivity contribution in [3.8, 4) is 5.75 Å². The summed E-state index contributed by atoms with van der Waals surface area (Å²) in [4.78, 5) is 21.4. The van der Waals surface area contributed by atoms with Crippen molar-refractivity contribution in [2.75, 3.05) is 13.7 Å². The summed E-state index contributed by atoms with van der Waals surface area (Å²) in [6, 6.07) is 7.83. The number of amides is 1. The van der Waals surface area contributed by atoms with E-state index >= 15 is 0 Å². The second kappa shape index (κ2) is 8.07. The molecule has 6 nitrogen and oxygen atoms in total. The van der Waals surface area contributed by atoms with Gasteiger partial charge < -0.3 is 15.4 Å². The molecule has 25 heavy (non-hydrogen) atoms. The highest BCUT2D eigenvalue weighted by atomic mass is 16.5. The van der Waals surface area contributed by atoms with Gasteiger partial charge in [-0.05, 0) is 44.0 Å². The third kappa shape index (κ3) is 4.33. The van der Waals surface area contributed by atoms with E-state index in [1.165, 1.54) is 12.8 Å². The van der Waals surface area contributed by atoms with Gasteiger partial charge in [0, 0.05) is 12.7 Å². The van der Waals surface area contributed by atoms with Gasteiger partial charge in [-0.25, -0.2) is 9.97 Å². The molecule has 1 unspecified atom stereocenters. The second-order valence-electron chi connectivity index (χ2n) is 6.26. The van der Waals surface area contributed by atoms with Crippen molar-refractivity contribution in [2.45, 2.75) is 38.8 Å². The number of methoxy groups -OCH3 is 1. The first-order chi connectivity index (χ1) is 12.2. The minimum atomic E-state index is -0.163. The van der Waals surface area contributed by atoms with Gasteiger partial charge in [-0.1, -0.05) is 18.6 Å². The number of aromatic nitrogens is 2. The maximum absolute atomic E-state index is 12.4. The predicted octanol–water partition coefficient (Wildman–Crippen LogP) is 2.54. The third-order valence-corrected chi connectivity index (χ3v) is 4.45. The van der Waals surface area contributed by atoms with E-state index in [0.717, 1.165) is 30.1 Å². The molecular formula is C19H24N4O2. The number of hydrogen-bond donors (Lipinski definition) is 2. The minimum Gasteiger partial charge on any atom is -0.497 e. The Morgan fingerprint density at radius 2 is 2.28 bits per heavy atom. The van der Waals surface area contributed by atoms with Crippen molar-refractivity contribution in [3.05, 3.63) is 53.1 Å². The van der Waals surface area contributed by atoms with Crippen LogP contribution in [0.2, 0.25) is 0 Å². The normalized spacial score (nSPS) is 17.1. The molecule has 0 radical (unpaired) electrons. The fourth-order valence-electron chi connectivity index (χ4n) is 3.01. The fourth-order valence-corrected chi connectivity index (χ4v) is 3.01. The van der Waals surface area contributed by atoms with Crippen LogP contribution in [0.15, 0.2) is 30.5 Å². The van der Waals surface area contributed by atoms with Crippen LogP contribution < -0.4 is 15.4 Å². The van der Waals surface area contributed by atoms with Crippen molar-refractivity contribution in [1.82, 2.24) is 20.6 Å². The lowest BCUT2D eigenvalue weighted by atomic mass is 10.0. The molecule has 1 atom stereocenters. The molecule has 1 saturated heterocycles. The molecular weight excluding hydrogens is 316 g/mol. The highest BCUT2D eigenvalue weighted by Crippen LogP contribution is 2.20. The summed E-state index contributed by atoms with van der Waals surface area (Å²) in [6.07, 6.45) is 5.05. The predicted molar refractivity (Wildman–Crippen MR) is 95.5 cm³/mol. The van der Waals surface area contributed by atoms with Crippen LogP contribution in [0.25, 0.3) is 0 Å². The number of aryl methyl sites for hydroxylation is 1. The van der Waals surface area contributed by atoms with Crippen molar-refractivity contribution < 1.29 is 9.53 Å². The van der Waals surface area contributed by atoms with Gasteiger partial charge >= 0.3 is 0 Å². The molecule has 3 rings (SSSR count). The van der Waals surface area contributed by atoms with Crippen molar-refractivity contribution >= 4 is 5.91 Å². The van der Waals surface area contributed by atoms with Crippen LogP contribution in [-0.2, 0) is 6.54 Å². The Labute approximate surface area is 148 Å². The van der Waals surface area contributed by atoms with E-state index in [4.69, 9.17) is 4.74 Å². The molecule has 1 fully saturated rings. The lowest BCUT2D eigenvalue weighted by Gasteiger charge is -2.22. The second-order valence-corrected chi connectivity index (χ2v) is 6.26. The van der Waals surface area contributed by atoms with Gasteiger partial charge in [0.1, 0.15) is 11.6 Å². The summed E-state index contributed by atoms with van der Waals surface area (Å²) in [5.74, 6) is 1.39. The maximum Gasteiger partial charge on any atom is 0.254 e. The van der Waals surface area contributed by atoms with Crippen LogP contribution in [0.5, 0.6) is 5.75 Å². The van der Waals surface area contributed by atoms with Gasteiger partial charge in [-0.3, -0.25) is 4.79 Å². The quantitative estimate of drug-likeness (QED) is 0.875. The number of piperidine rings is 1. The van der Waals surface area contributed by atoms with E-state index in [-0.39, 0.29) is 11.9 Å². The largest absolute Gasteiger partial charge is 0.497 e. The van der Waals surface area contributed by atoms with Crippen molar-refractivity contribution in [3.63, 3.8) is 0 Å². The molecule has 6 heteroatoms. The summed E-state index contributed by atoms with van der Waals surface area (Å²) in [7, 11) is 1.63. The van der Waals surface area contributed by atoms with Crippen LogP contribution in [0.4, 0.5) is 0 Å². The monoisotopic (exact) mass is 340 g/mol. The molecule has 2 aromatic rings. The lowest BCUT2D eigenvalue weighted by molar-refractivity contribution is 0.0949. The number of nitrogens with zero attached hydrogens (tertiary/aromatic N) is 2. The SMILES string of the molecule is COc1cccc(CNC(=O)c2cnc(C3CCCCN3)nc2C)c1. The Morgan fingerprint density at radius 3 is 3.00 bits per heavy atom. The van der Waals surface area contributed by atoms with Gasteiger partial charge in [-0.2, -0.15) is 0 Å². The zero-order valence-electron chi connectivity index (χ0n) is 14.7.